The molecule has 76 valence electrons. The molecule has 0 aromatic heterocycles. The molecular weight excluding hydrogens is 235 g/mol. The molecule has 2 aliphatic rings. The minimum atomic E-state index is -0.267. The third-order valence-electron chi connectivity index (χ3n) is 2.56. The van der Waals surface area contributed by atoms with E-state index in [1.165, 1.54) is 5.57 Å². The number of hydrogen-bond acceptors (Lipinski definition) is 2. The van der Waals surface area contributed by atoms with Gasteiger partial charge in [0.2, 0.25) is 0 Å². The average Bonchev–Trinajstić information content (AvgIpc) is 2.55. The van der Waals surface area contributed by atoms with E-state index in [4.69, 9.17) is 21.1 Å². The molecule has 0 atom stereocenters. The number of ether oxygens (including phenoxy) is 2. The summed E-state index contributed by atoms with van der Waals surface area (Å²) in [5.74, 6) is -0.267. The minimum absolute atomic E-state index is 0. The molecular formula is C9H12Cl2MgO2. The van der Waals surface area contributed by atoms with Crippen molar-refractivity contribution < 1.29 is 21.9 Å². The predicted molar refractivity (Wildman–Crippen MR) is 51.5 cm³/mol. The Kier molecular flexibility index (Phi) is 7.03. The zero-order chi connectivity index (χ0) is 8.44. The third kappa shape index (κ3) is 3.25. The fraction of sp³-hybridized carbons (Fsp3) is 0.778. The number of rotatable bonds is 0. The molecule has 1 aliphatic heterocycles. The summed E-state index contributed by atoms with van der Waals surface area (Å²) in [4.78, 5) is 0. The van der Waals surface area contributed by atoms with Crippen LogP contribution < -0.4 is 12.4 Å². The molecule has 2 fully saturated rings. The average molecular weight is 247 g/mol. The summed E-state index contributed by atoms with van der Waals surface area (Å²) in [6.45, 7) is 1.48. The molecule has 2 nitrogen and oxygen atoms in total. The first-order valence-corrected chi connectivity index (χ1v) is 4.72. The quantitative estimate of drug-likeness (QED) is 0.398. The van der Waals surface area contributed by atoms with Gasteiger partial charge in [0, 0.05) is 12.8 Å². The second-order valence-electron chi connectivity index (χ2n) is 3.31. The van der Waals surface area contributed by atoms with Gasteiger partial charge in [-0.1, -0.05) is 12.8 Å². The number of halogens is 2. The molecule has 2 rings (SSSR count). The molecule has 0 bridgehead atoms. The van der Waals surface area contributed by atoms with Gasteiger partial charge in [-0.25, -0.2) is 5.57 Å². The standard InChI is InChI=1S/C9H12ClO2.ClH.Mg/c10-7-8-1-3-9(4-2-8)11-5-6-12-9;;/h1-6H2;1H;/q-1;;+2/p-1. The van der Waals surface area contributed by atoms with Gasteiger partial charge < -0.3 is 39.0 Å². The van der Waals surface area contributed by atoms with E-state index in [9.17, 15) is 0 Å². The van der Waals surface area contributed by atoms with Crippen molar-refractivity contribution in [3.05, 3.63) is 11.1 Å². The van der Waals surface area contributed by atoms with Gasteiger partial charge in [0.1, 0.15) is 0 Å². The molecule has 5 heteroatoms. The van der Waals surface area contributed by atoms with E-state index in [-0.39, 0.29) is 41.2 Å². The van der Waals surface area contributed by atoms with Gasteiger partial charge in [-0.05, 0) is 0 Å². The van der Waals surface area contributed by atoms with Gasteiger partial charge in [-0.3, -0.25) is 0 Å². The summed E-state index contributed by atoms with van der Waals surface area (Å²) in [6, 6.07) is 0. The van der Waals surface area contributed by atoms with Crippen molar-refractivity contribution >= 4 is 34.7 Å². The third-order valence-corrected chi connectivity index (χ3v) is 2.83. The molecule has 1 spiro atoms. The first kappa shape index (κ1) is 15.0. The molecule has 0 aromatic carbocycles. The van der Waals surface area contributed by atoms with Crippen molar-refractivity contribution in [2.75, 3.05) is 13.2 Å². The van der Waals surface area contributed by atoms with Crippen LogP contribution in [0.1, 0.15) is 25.7 Å². The Labute approximate surface area is 112 Å². The topological polar surface area (TPSA) is 18.5 Å². The van der Waals surface area contributed by atoms with Crippen molar-refractivity contribution in [3.63, 3.8) is 0 Å². The molecule has 0 radical (unpaired) electrons. The van der Waals surface area contributed by atoms with Crippen molar-refractivity contribution in [1.82, 2.24) is 0 Å². The Morgan fingerprint density at radius 3 is 2.07 bits per heavy atom. The number of allylic oxidation sites excluding steroid dienone is 1. The van der Waals surface area contributed by atoms with Crippen LogP contribution >= 0.6 is 11.6 Å². The van der Waals surface area contributed by atoms with E-state index in [1.54, 1.807) is 0 Å². The first-order valence-electron chi connectivity index (χ1n) is 4.34. The summed E-state index contributed by atoms with van der Waals surface area (Å²) >= 11 is 5.51. The SMILES string of the molecule is Cl[C-]=C1CCC2(CC1)OCCO2.[Cl-].[Mg+2]. The van der Waals surface area contributed by atoms with Crippen molar-refractivity contribution in [2.45, 2.75) is 31.5 Å². The van der Waals surface area contributed by atoms with Crippen molar-refractivity contribution in [3.8, 4) is 0 Å². The molecule has 1 saturated heterocycles. The first-order chi connectivity index (χ1) is 5.85. The van der Waals surface area contributed by atoms with E-state index in [0.717, 1.165) is 38.9 Å². The zero-order valence-corrected chi connectivity index (χ0v) is 10.9. The van der Waals surface area contributed by atoms with Gasteiger partial charge in [0.25, 0.3) is 0 Å². The normalized spacial score (nSPS) is 23.9. The molecule has 0 unspecified atom stereocenters. The Balaban J connectivity index is 0.000000845. The van der Waals surface area contributed by atoms with Crippen LogP contribution in [0.5, 0.6) is 0 Å². The molecule has 1 saturated carbocycles. The van der Waals surface area contributed by atoms with Gasteiger partial charge in [-0.15, -0.1) is 0 Å². The van der Waals surface area contributed by atoms with Crippen LogP contribution in [-0.4, -0.2) is 42.1 Å². The van der Waals surface area contributed by atoms with Crippen LogP contribution in [-0.2, 0) is 9.47 Å². The van der Waals surface area contributed by atoms with E-state index < -0.39 is 0 Å². The van der Waals surface area contributed by atoms with Crippen molar-refractivity contribution in [1.29, 1.82) is 0 Å². The Bertz CT molecular complexity index is 191. The van der Waals surface area contributed by atoms with Crippen LogP contribution in [0.4, 0.5) is 0 Å². The predicted octanol–water partition coefficient (Wildman–Crippen LogP) is -1.15. The zero-order valence-electron chi connectivity index (χ0n) is 8.02. The van der Waals surface area contributed by atoms with E-state index >= 15 is 0 Å². The van der Waals surface area contributed by atoms with Crippen LogP contribution in [0.2, 0.25) is 0 Å². The Morgan fingerprint density at radius 2 is 1.64 bits per heavy atom. The molecule has 0 aromatic rings. The maximum absolute atomic E-state index is 5.57. The van der Waals surface area contributed by atoms with Gasteiger partial charge in [0.05, 0.1) is 13.2 Å². The Hall–Kier alpha value is 1.01. The molecule has 0 amide bonds. The minimum Gasteiger partial charge on any atom is -1.00 e. The second-order valence-corrected chi connectivity index (χ2v) is 3.49. The molecule has 14 heavy (non-hydrogen) atoms. The monoisotopic (exact) mass is 246 g/mol. The fourth-order valence-electron chi connectivity index (χ4n) is 1.81. The summed E-state index contributed by atoms with van der Waals surface area (Å²) < 4.78 is 11.1. The van der Waals surface area contributed by atoms with Gasteiger partial charge in [-0.2, -0.15) is 0 Å². The summed E-state index contributed by atoms with van der Waals surface area (Å²) in [6.07, 6.45) is 3.79. The second kappa shape index (κ2) is 6.56. The largest absolute Gasteiger partial charge is 2.00 e. The van der Waals surface area contributed by atoms with Crippen molar-refractivity contribution in [2.24, 2.45) is 0 Å². The number of hydrogen-bond donors (Lipinski definition) is 0. The summed E-state index contributed by atoms with van der Waals surface area (Å²) in [5, 5.41) is 0. The summed E-state index contributed by atoms with van der Waals surface area (Å²) in [5.41, 5.74) is 3.88. The van der Waals surface area contributed by atoms with Crippen LogP contribution in [0.25, 0.3) is 0 Å². The molecule has 0 N–H and O–H groups in total. The molecule has 1 aliphatic carbocycles. The van der Waals surface area contributed by atoms with Crippen LogP contribution in [0.3, 0.4) is 0 Å². The van der Waals surface area contributed by atoms with Gasteiger partial charge >= 0.3 is 23.1 Å². The van der Waals surface area contributed by atoms with E-state index in [0.29, 0.717) is 0 Å². The van der Waals surface area contributed by atoms with E-state index in [2.05, 4.69) is 5.54 Å². The van der Waals surface area contributed by atoms with Crippen LogP contribution in [0, 0.1) is 5.54 Å². The van der Waals surface area contributed by atoms with Gasteiger partial charge in [0.15, 0.2) is 5.79 Å². The molecule has 1 heterocycles. The van der Waals surface area contributed by atoms with E-state index in [1.807, 2.05) is 0 Å². The smallest absolute Gasteiger partial charge is 1.00 e. The fourth-order valence-corrected chi connectivity index (χ4v) is 2.00. The maximum Gasteiger partial charge on any atom is 2.00 e. The summed E-state index contributed by atoms with van der Waals surface area (Å²) in [7, 11) is 0. The Morgan fingerprint density at radius 1 is 1.14 bits per heavy atom. The van der Waals surface area contributed by atoms with Crippen LogP contribution in [0.15, 0.2) is 5.57 Å². The maximum atomic E-state index is 5.57.